The van der Waals surface area contributed by atoms with Gasteiger partial charge in [0.05, 0.1) is 37.3 Å². The molecule has 8 atom stereocenters. The van der Waals surface area contributed by atoms with E-state index in [1.165, 1.54) is 23.6 Å². The number of Topliss-reactive ketones (excluding diaryl/α,β-unsaturated/α-hetero) is 1. The van der Waals surface area contributed by atoms with Crippen molar-refractivity contribution in [3.63, 3.8) is 0 Å². The Morgan fingerprint density at radius 2 is 2.05 bits per heavy atom. The van der Waals surface area contributed by atoms with Crippen molar-refractivity contribution in [2.75, 3.05) is 39.8 Å². The number of carbonyl (C=O) groups excluding carboxylic acids is 2. The summed E-state index contributed by atoms with van der Waals surface area (Å²) in [5.41, 5.74) is 2.33. The van der Waals surface area contributed by atoms with E-state index < -0.39 is 6.35 Å². The van der Waals surface area contributed by atoms with Gasteiger partial charge in [-0.25, -0.2) is 0 Å². The first-order valence-corrected chi connectivity index (χ1v) is 15.8. The number of nitrogens with one attached hydrogen (secondary N) is 2. The van der Waals surface area contributed by atoms with Crippen molar-refractivity contribution in [1.29, 1.82) is 5.26 Å². The summed E-state index contributed by atoms with van der Waals surface area (Å²) in [5.74, 6) is 0.621. The molecule has 1 saturated carbocycles. The summed E-state index contributed by atoms with van der Waals surface area (Å²) in [6, 6.07) is 10.8. The molecule has 0 aromatic heterocycles. The van der Waals surface area contributed by atoms with Crippen LogP contribution in [0.3, 0.4) is 0 Å². The Kier molecular flexibility index (Phi) is 8.54. The van der Waals surface area contributed by atoms with E-state index in [1.54, 1.807) is 4.90 Å². The lowest BCUT2D eigenvalue weighted by Crippen LogP contribution is -2.74. The van der Waals surface area contributed by atoms with Gasteiger partial charge in [-0.15, -0.1) is 0 Å². The second kappa shape index (κ2) is 12.2. The summed E-state index contributed by atoms with van der Waals surface area (Å²) < 4.78 is 6.49. The minimum Gasteiger partial charge on any atom is -0.348 e. The molecule has 42 heavy (non-hydrogen) atoms. The number of hydrogen-bond acceptors (Lipinski definition) is 8. The molecule has 9 nitrogen and oxygen atoms in total. The van der Waals surface area contributed by atoms with Crippen LogP contribution in [0.5, 0.6) is 0 Å². The number of rotatable bonds is 6. The number of hydrogen-bond donors (Lipinski definition) is 2. The summed E-state index contributed by atoms with van der Waals surface area (Å²) in [5, 5.41) is 16.9. The van der Waals surface area contributed by atoms with Gasteiger partial charge in [-0.2, -0.15) is 5.26 Å². The minimum atomic E-state index is -0.445. The number of ether oxygens (including phenoxy) is 1. The van der Waals surface area contributed by atoms with E-state index in [-0.39, 0.29) is 41.9 Å². The average molecular weight is 575 g/mol. The molecule has 4 fully saturated rings. The van der Waals surface area contributed by atoms with Crippen molar-refractivity contribution in [3.05, 3.63) is 48.0 Å². The van der Waals surface area contributed by atoms with Gasteiger partial charge < -0.3 is 14.5 Å². The molecule has 2 aliphatic carbocycles. The predicted molar refractivity (Wildman–Crippen MR) is 160 cm³/mol. The molecule has 5 aliphatic rings. The zero-order valence-electron chi connectivity index (χ0n) is 25.1. The molecule has 3 aliphatic heterocycles. The highest BCUT2D eigenvalue weighted by molar-refractivity contribution is 5.92. The van der Waals surface area contributed by atoms with Gasteiger partial charge >= 0.3 is 0 Å². The number of likely N-dealkylation sites (tertiary alicyclic amines) is 1. The molecule has 1 spiro atoms. The Labute approximate surface area is 250 Å². The molecule has 6 rings (SSSR count). The topological polar surface area (TPSA) is 101 Å². The fourth-order valence-corrected chi connectivity index (χ4v) is 8.66. The Morgan fingerprint density at radius 1 is 1.21 bits per heavy atom. The van der Waals surface area contributed by atoms with Crippen LogP contribution in [-0.4, -0.2) is 96.9 Å². The van der Waals surface area contributed by atoms with Crippen LogP contribution in [0.4, 0.5) is 0 Å². The monoisotopic (exact) mass is 574 g/mol. The fourth-order valence-electron chi connectivity index (χ4n) is 8.66. The summed E-state index contributed by atoms with van der Waals surface area (Å²) in [7, 11) is 2.15. The highest BCUT2D eigenvalue weighted by Crippen LogP contribution is 2.51. The zero-order valence-corrected chi connectivity index (χ0v) is 25.1. The smallest absolute Gasteiger partial charge is 0.246 e. The molecule has 1 aromatic carbocycles. The van der Waals surface area contributed by atoms with Crippen molar-refractivity contribution >= 4 is 11.7 Å². The Balaban J connectivity index is 1.25. The molecule has 0 bridgehead atoms. The Bertz CT molecular complexity index is 1230. The molecule has 9 heteroatoms. The number of benzene rings is 1. The van der Waals surface area contributed by atoms with Gasteiger partial charge in [0.1, 0.15) is 0 Å². The fraction of sp³-hybridized carbons (Fsp3) is 0.667. The molecule has 3 saturated heterocycles. The quantitative estimate of drug-likeness (QED) is 0.501. The van der Waals surface area contributed by atoms with Crippen LogP contribution in [0.25, 0.3) is 0 Å². The highest BCUT2D eigenvalue weighted by atomic mass is 16.5. The average Bonchev–Trinajstić information content (AvgIpc) is 3.42. The van der Waals surface area contributed by atoms with Crippen LogP contribution in [0, 0.1) is 22.7 Å². The zero-order chi connectivity index (χ0) is 29.4. The third-order valence-electron chi connectivity index (χ3n) is 10.9. The van der Waals surface area contributed by atoms with Gasteiger partial charge in [0.2, 0.25) is 5.91 Å². The van der Waals surface area contributed by atoms with Gasteiger partial charge in [-0.05, 0) is 75.2 Å². The number of nitriles is 1. The standard InChI is InChI=1S/C33H46N6O3/c1-4-28(40)39-17-16-38(20-24(39)12-14-34)31-27-11-13-33(18-22(2)26-10-6-5-8-23(26)19-33)30(41)29(27)35-32(36-31)42-21-25-9-7-15-37(25)3/h4-6,8,10,22,24-25,27,29,31-32,35-36H,1,7,9,11-13,15-21H2,2-3H3/t22?,24?,25?,27?,29?,31?,32?,33-/m1/s1. The second-order valence-electron chi connectivity index (χ2n) is 13.3. The van der Waals surface area contributed by atoms with Crippen molar-refractivity contribution < 1.29 is 14.3 Å². The SMILES string of the molecule is C=CC(=O)N1CCN(C2NC(OCC3CCCN3C)NC3C(=O)[C@@]4(CCC32)Cc2ccccc2C(C)C4)CC1CC#N. The van der Waals surface area contributed by atoms with Crippen molar-refractivity contribution in [3.8, 4) is 6.07 Å². The van der Waals surface area contributed by atoms with E-state index >= 15 is 0 Å². The molecule has 1 amide bonds. The maximum absolute atomic E-state index is 14.6. The Morgan fingerprint density at radius 3 is 2.81 bits per heavy atom. The molecule has 7 unspecified atom stereocenters. The molecule has 2 N–H and O–H groups in total. The maximum Gasteiger partial charge on any atom is 0.246 e. The van der Waals surface area contributed by atoms with Crippen molar-refractivity contribution in [2.24, 2.45) is 11.3 Å². The normalized spacial score (nSPS) is 37.2. The summed E-state index contributed by atoms with van der Waals surface area (Å²) >= 11 is 0. The number of amides is 1. The van der Waals surface area contributed by atoms with Crippen LogP contribution in [0.1, 0.15) is 62.5 Å². The van der Waals surface area contributed by atoms with Gasteiger partial charge in [0.15, 0.2) is 12.1 Å². The number of ketones is 1. The van der Waals surface area contributed by atoms with Crippen LogP contribution in [0.15, 0.2) is 36.9 Å². The first-order valence-electron chi connectivity index (χ1n) is 15.8. The van der Waals surface area contributed by atoms with Crippen molar-refractivity contribution in [1.82, 2.24) is 25.3 Å². The molecule has 0 radical (unpaired) electrons. The minimum absolute atomic E-state index is 0.0778. The molecule has 226 valence electrons. The highest BCUT2D eigenvalue weighted by Gasteiger charge is 2.55. The van der Waals surface area contributed by atoms with E-state index in [4.69, 9.17) is 4.74 Å². The summed E-state index contributed by atoms with van der Waals surface area (Å²) in [6.07, 6.45) is 6.87. The molecule has 1 aromatic rings. The number of nitrogens with zero attached hydrogens (tertiary/aromatic N) is 4. The third kappa shape index (κ3) is 5.44. The number of likely N-dealkylation sites (N-methyl/N-ethyl adjacent to an activating group) is 1. The van der Waals surface area contributed by atoms with Gasteiger partial charge in [-0.3, -0.25) is 25.1 Å². The van der Waals surface area contributed by atoms with Crippen LogP contribution < -0.4 is 10.6 Å². The summed E-state index contributed by atoms with van der Waals surface area (Å²) in [4.78, 5) is 33.7. The first kappa shape index (κ1) is 29.5. The van der Waals surface area contributed by atoms with E-state index in [1.807, 2.05) is 0 Å². The van der Waals surface area contributed by atoms with Gasteiger partial charge in [-0.1, -0.05) is 37.8 Å². The Hall–Kier alpha value is -2.61. The lowest BCUT2D eigenvalue weighted by molar-refractivity contribution is -0.154. The third-order valence-corrected chi connectivity index (χ3v) is 10.9. The lowest BCUT2D eigenvalue weighted by Gasteiger charge is -2.55. The molecular formula is C33H46N6O3. The number of piperazine rings is 1. The second-order valence-corrected chi connectivity index (χ2v) is 13.3. The van der Waals surface area contributed by atoms with E-state index in [0.717, 1.165) is 38.6 Å². The van der Waals surface area contributed by atoms with Crippen LogP contribution >= 0.6 is 0 Å². The van der Waals surface area contributed by atoms with E-state index in [9.17, 15) is 14.9 Å². The van der Waals surface area contributed by atoms with E-state index in [0.29, 0.717) is 44.0 Å². The number of fused-ring (bicyclic) bond motifs is 2. The van der Waals surface area contributed by atoms with Gasteiger partial charge in [0.25, 0.3) is 0 Å². The number of carbonyl (C=O) groups is 2. The van der Waals surface area contributed by atoms with Crippen LogP contribution in [0.2, 0.25) is 0 Å². The van der Waals surface area contributed by atoms with Gasteiger partial charge in [0, 0.05) is 37.0 Å². The molecule has 3 heterocycles. The summed E-state index contributed by atoms with van der Waals surface area (Å²) in [6.45, 7) is 9.40. The largest absolute Gasteiger partial charge is 0.348 e. The maximum atomic E-state index is 14.6. The lowest BCUT2D eigenvalue weighted by atomic mass is 9.57. The predicted octanol–water partition coefficient (Wildman–Crippen LogP) is 2.60. The molecular weight excluding hydrogens is 528 g/mol. The first-order chi connectivity index (χ1) is 20.3. The van der Waals surface area contributed by atoms with Crippen LogP contribution in [-0.2, 0) is 20.7 Å². The van der Waals surface area contributed by atoms with E-state index in [2.05, 4.69) is 71.3 Å². The van der Waals surface area contributed by atoms with Crippen molar-refractivity contribution in [2.45, 2.75) is 88.4 Å².